The van der Waals surface area contributed by atoms with E-state index in [0.29, 0.717) is 5.13 Å². The molecule has 0 radical (unpaired) electrons. The summed E-state index contributed by atoms with van der Waals surface area (Å²) in [6, 6.07) is 5.85. The van der Waals surface area contributed by atoms with Crippen LogP contribution in [-0.2, 0) is 0 Å². The van der Waals surface area contributed by atoms with Crippen molar-refractivity contribution in [2.75, 3.05) is 0 Å². The molecule has 0 aliphatic heterocycles. The topological polar surface area (TPSA) is 38.1 Å². The Balaban J connectivity index is 2.01. The number of aromatic nitrogens is 2. The van der Waals surface area contributed by atoms with Gasteiger partial charge in [-0.2, -0.15) is 0 Å². The zero-order valence-corrected chi connectivity index (χ0v) is 13.0. The third-order valence-corrected chi connectivity index (χ3v) is 4.95. The lowest BCUT2D eigenvalue weighted by Crippen LogP contribution is -1.84. The van der Waals surface area contributed by atoms with E-state index in [1.165, 1.54) is 11.3 Å². The second kappa shape index (κ2) is 5.44. The maximum absolute atomic E-state index is 6.16. The molecule has 6 heteroatoms. The molecule has 0 fully saturated rings. The number of hydrogen-bond donors (Lipinski definition) is 0. The summed E-state index contributed by atoms with van der Waals surface area (Å²) in [7, 11) is 0. The van der Waals surface area contributed by atoms with Gasteiger partial charge in [0.05, 0.1) is 0 Å². The largest absolute Gasteiger partial charge is 0.236 e. The van der Waals surface area contributed by atoms with Crippen LogP contribution in [0.5, 0.6) is 0 Å². The van der Waals surface area contributed by atoms with Gasteiger partial charge in [-0.3, -0.25) is 0 Å². The number of benzene rings is 1. The van der Waals surface area contributed by atoms with E-state index in [9.17, 15) is 0 Å². The Morgan fingerprint density at radius 2 is 1.90 bits per heavy atom. The summed E-state index contributed by atoms with van der Waals surface area (Å²) in [5.74, 6) is 0. The molecule has 3 nitrogen and oxygen atoms in total. The van der Waals surface area contributed by atoms with Gasteiger partial charge in [-0.05, 0) is 25.3 Å². The molecule has 0 aliphatic carbocycles. The number of nitrogens with zero attached hydrogens (tertiary/aromatic N) is 3. The first-order chi connectivity index (χ1) is 9.69. The SMILES string of the molecule is C=Nc1nc(-c2csc(-c3cccc(Cl)c3C)n2)cs1. The quantitative estimate of drug-likeness (QED) is 0.620. The molecule has 0 aliphatic rings. The summed E-state index contributed by atoms with van der Waals surface area (Å²) < 4.78 is 0. The highest BCUT2D eigenvalue weighted by Gasteiger charge is 2.12. The van der Waals surface area contributed by atoms with Gasteiger partial charge in [0.25, 0.3) is 0 Å². The number of halogens is 1. The minimum absolute atomic E-state index is 0.661. The minimum atomic E-state index is 0.661. The maximum Gasteiger partial charge on any atom is 0.209 e. The number of aliphatic imine (C=N–C) groups is 1. The molecule has 2 heterocycles. The molecule has 100 valence electrons. The first-order valence-corrected chi connectivity index (χ1v) is 7.96. The summed E-state index contributed by atoms with van der Waals surface area (Å²) in [5, 5.41) is 6.30. The molecule has 0 amide bonds. The fourth-order valence-corrected chi connectivity index (χ4v) is 3.50. The van der Waals surface area contributed by atoms with E-state index in [-0.39, 0.29) is 0 Å². The van der Waals surface area contributed by atoms with Gasteiger partial charge < -0.3 is 0 Å². The van der Waals surface area contributed by atoms with Crippen molar-refractivity contribution < 1.29 is 0 Å². The van der Waals surface area contributed by atoms with E-state index in [4.69, 9.17) is 11.6 Å². The highest BCUT2D eigenvalue weighted by Crippen LogP contribution is 2.34. The average Bonchev–Trinajstić information content (AvgIpc) is 3.09. The zero-order valence-electron chi connectivity index (χ0n) is 10.6. The molecule has 20 heavy (non-hydrogen) atoms. The van der Waals surface area contributed by atoms with Crippen LogP contribution >= 0.6 is 34.3 Å². The van der Waals surface area contributed by atoms with Gasteiger partial charge in [-0.15, -0.1) is 22.7 Å². The predicted octanol–water partition coefficient (Wildman–Crippen LogP) is 5.23. The minimum Gasteiger partial charge on any atom is -0.236 e. The number of rotatable bonds is 3. The lowest BCUT2D eigenvalue weighted by molar-refractivity contribution is 1.31. The molecule has 2 aromatic heterocycles. The molecular weight excluding hydrogens is 310 g/mol. The van der Waals surface area contributed by atoms with Crippen LogP contribution in [0.1, 0.15) is 5.56 Å². The molecule has 0 spiro atoms. The number of hydrogen-bond acceptors (Lipinski definition) is 5. The van der Waals surface area contributed by atoms with Gasteiger partial charge in [-0.1, -0.05) is 23.7 Å². The second-order valence-electron chi connectivity index (χ2n) is 4.12. The maximum atomic E-state index is 6.16. The van der Waals surface area contributed by atoms with Crippen molar-refractivity contribution in [3.8, 4) is 22.0 Å². The van der Waals surface area contributed by atoms with Crippen LogP contribution in [0.25, 0.3) is 22.0 Å². The summed E-state index contributed by atoms with van der Waals surface area (Å²) in [5.41, 5.74) is 3.79. The molecule has 0 unspecified atom stereocenters. The summed E-state index contributed by atoms with van der Waals surface area (Å²) in [4.78, 5) is 12.8. The molecule has 0 saturated heterocycles. The fourth-order valence-electron chi connectivity index (χ4n) is 1.81. The standard InChI is InChI=1S/C14H10ClN3S2/c1-8-9(4-3-5-10(8)15)13-17-11(6-19-13)12-7-20-14(16-2)18-12/h3-7H,2H2,1H3. The van der Waals surface area contributed by atoms with Crippen molar-refractivity contribution in [3.05, 3.63) is 39.5 Å². The second-order valence-corrected chi connectivity index (χ2v) is 6.23. The van der Waals surface area contributed by atoms with Crippen molar-refractivity contribution in [3.63, 3.8) is 0 Å². The van der Waals surface area contributed by atoms with Gasteiger partial charge in [0.15, 0.2) is 0 Å². The normalized spacial score (nSPS) is 10.7. The Morgan fingerprint density at radius 3 is 2.65 bits per heavy atom. The first-order valence-electron chi connectivity index (χ1n) is 5.82. The average molecular weight is 320 g/mol. The third-order valence-electron chi connectivity index (χ3n) is 2.89. The van der Waals surface area contributed by atoms with Crippen LogP contribution in [0.2, 0.25) is 5.02 Å². The molecule has 0 bridgehead atoms. The molecular formula is C14H10ClN3S2. The molecule has 3 rings (SSSR count). The highest BCUT2D eigenvalue weighted by molar-refractivity contribution is 7.14. The smallest absolute Gasteiger partial charge is 0.209 e. The first kappa shape index (κ1) is 13.4. The lowest BCUT2D eigenvalue weighted by atomic mass is 10.1. The van der Waals surface area contributed by atoms with Crippen LogP contribution in [0.15, 0.2) is 34.0 Å². The van der Waals surface area contributed by atoms with Gasteiger partial charge in [0.2, 0.25) is 5.13 Å². The van der Waals surface area contributed by atoms with E-state index in [2.05, 4.69) is 21.7 Å². The monoisotopic (exact) mass is 319 g/mol. The predicted molar refractivity (Wildman–Crippen MR) is 87.6 cm³/mol. The Labute approximate surface area is 129 Å². The summed E-state index contributed by atoms with van der Waals surface area (Å²) in [6.07, 6.45) is 0. The molecule has 0 saturated carbocycles. The molecule has 0 atom stereocenters. The van der Waals surface area contributed by atoms with Crippen molar-refractivity contribution in [1.82, 2.24) is 9.97 Å². The van der Waals surface area contributed by atoms with Crippen LogP contribution in [-0.4, -0.2) is 16.7 Å². The fraction of sp³-hybridized carbons (Fsp3) is 0.0714. The molecule has 3 aromatic rings. The van der Waals surface area contributed by atoms with E-state index >= 15 is 0 Å². The third kappa shape index (κ3) is 2.40. The van der Waals surface area contributed by atoms with Crippen LogP contribution in [0.4, 0.5) is 5.13 Å². The van der Waals surface area contributed by atoms with E-state index in [1.807, 2.05) is 35.9 Å². The summed E-state index contributed by atoms with van der Waals surface area (Å²) in [6.45, 7) is 5.48. The Kier molecular flexibility index (Phi) is 3.65. The van der Waals surface area contributed by atoms with Crippen molar-refractivity contribution in [1.29, 1.82) is 0 Å². The van der Waals surface area contributed by atoms with Gasteiger partial charge in [-0.25, -0.2) is 15.0 Å². The van der Waals surface area contributed by atoms with E-state index in [0.717, 1.165) is 32.5 Å². The van der Waals surface area contributed by atoms with Crippen molar-refractivity contribution in [2.45, 2.75) is 6.92 Å². The summed E-state index contributed by atoms with van der Waals surface area (Å²) >= 11 is 9.20. The van der Waals surface area contributed by atoms with Crippen molar-refractivity contribution in [2.24, 2.45) is 4.99 Å². The zero-order chi connectivity index (χ0) is 14.1. The van der Waals surface area contributed by atoms with E-state index in [1.54, 1.807) is 11.3 Å². The van der Waals surface area contributed by atoms with Gasteiger partial charge >= 0.3 is 0 Å². The van der Waals surface area contributed by atoms with Crippen LogP contribution < -0.4 is 0 Å². The molecule has 1 aromatic carbocycles. The lowest BCUT2D eigenvalue weighted by Gasteiger charge is -2.03. The Bertz CT molecular complexity index is 776. The van der Waals surface area contributed by atoms with Gasteiger partial charge in [0.1, 0.15) is 16.4 Å². The van der Waals surface area contributed by atoms with Crippen molar-refractivity contribution >= 4 is 46.1 Å². The van der Waals surface area contributed by atoms with E-state index < -0.39 is 0 Å². The van der Waals surface area contributed by atoms with Crippen LogP contribution in [0, 0.1) is 6.92 Å². The number of thiazole rings is 2. The Morgan fingerprint density at radius 1 is 1.15 bits per heavy atom. The molecule has 0 N–H and O–H groups in total. The van der Waals surface area contributed by atoms with Crippen LogP contribution in [0.3, 0.4) is 0 Å². The Hall–Kier alpha value is -1.56. The highest BCUT2D eigenvalue weighted by atomic mass is 35.5. The van der Waals surface area contributed by atoms with Gasteiger partial charge in [0, 0.05) is 21.3 Å².